The molecule has 0 radical (unpaired) electrons. The Bertz CT molecular complexity index is 818. The van der Waals surface area contributed by atoms with E-state index in [1.54, 1.807) is 6.08 Å². The SMILES string of the molecule is CC(=O)NC(C(=O)NCCN1C(=O)S/C(=C\c2ccccc2)C1=O)C1CCCC1. The summed E-state index contributed by atoms with van der Waals surface area (Å²) in [7, 11) is 0. The summed E-state index contributed by atoms with van der Waals surface area (Å²) in [5.41, 5.74) is 0.848. The fraction of sp³-hybridized carbons (Fsp3) is 0.429. The van der Waals surface area contributed by atoms with Crippen molar-refractivity contribution in [1.82, 2.24) is 15.5 Å². The van der Waals surface area contributed by atoms with E-state index < -0.39 is 6.04 Å². The van der Waals surface area contributed by atoms with Gasteiger partial charge in [-0.05, 0) is 42.2 Å². The van der Waals surface area contributed by atoms with Crippen molar-refractivity contribution >= 4 is 40.8 Å². The molecule has 1 saturated heterocycles. The molecule has 2 aliphatic rings. The van der Waals surface area contributed by atoms with Crippen molar-refractivity contribution in [2.24, 2.45) is 5.92 Å². The number of rotatable bonds is 7. The quantitative estimate of drug-likeness (QED) is 0.667. The molecule has 4 amide bonds. The molecule has 0 aromatic heterocycles. The molecule has 7 nitrogen and oxygen atoms in total. The normalized spacial score (nSPS) is 19.6. The summed E-state index contributed by atoms with van der Waals surface area (Å²) >= 11 is 0.899. The van der Waals surface area contributed by atoms with Crippen molar-refractivity contribution in [3.63, 3.8) is 0 Å². The maximum Gasteiger partial charge on any atom is 0.293 e. The van der Waals surface area contributed by atoms with Crippen LogP contribution in [0.15, 0.2) is 35.2 Å². The third kappa shape index (κ3) is 5.47. The van der Waals surface area contributed by atoms with E-state index >= 15 is 0 Å². The highest BCUT2D eigenvalue weighted by molar-refractivity contribution is 8.18. The third-order valence-electron chi connectivity index (χ3n) is 5.12. The Hall–Kier alpha value is -2.61. The van der Waals surface area contributed by atoms with Crippen LogP contribution in [0.5, 0.6) is 0 Å². The summed E-state index contributed by atoms with van der Waals surface area (Å²) in [4.78, 5) is 50.3. The molecular weight excluding hydrogens is 390 g/mol. The lowest BCUT2D eigenvalue weighted by Gasteiger charge is -2.23. The Morgan fingerprint density at radius 3 is 2.55 bits per heavy atom. The lowest BCUT2D eigenvalue weighted by atomic mass is 9.97. The number of hydrogen-bond acceptors (Lipinski definition) is 5. The average molecular weight is 416 g/mol. The topological polar surface area (TPSA) is 95.6 Å². The Kier molecular flexibility index (Phi) is 7.09. The standard InChI is InChI=1S/C21H25N3O4S/c1-14(25)23-18(16-9-5-6-10-16)19(26)22-11-12-24-20(27)17(29-21(24)28)13-15-7-3-2-4-8-15/h2-4,7-8,13,16,18H,5-6,9-12H2,1H3,(H,22,26)(H,23,25)/b17-13-. The molecule has 1 aliphatic carbocycles. The van der Waals surface area contributed by atoms with Gasteiger partial charge in [0.05, 0.1) is 4.91 Å². The molecule has 1 aliphatic heterocycles. The molecule has 2 N–H and O–H groups in total. The van der Waals surface area contributed by atoms with Crippen LogP contribution < -0.4 is 10.6 Å². The van der Waals surface area contributed by atoms with Crippen molar-refractivity contribution in [2.75, 3.05) is 13.1 Å². The van der Waals surface area contributed by atoms with E-state index in [0.717, 1.165) is 47.9 Å². The molecule has 1 heterocycles. The van der Waals surface area contributed by atoms with Crippen LogP contribution in [0.2, 0.25) is 0 Å². The monoisotopic (exact) mass is 415 g/mol. The van der Waals surface area contributed by atoms with E-state index in [9.17, 15) is 19.2 Å². The van der Waals surface area contributed by atoms with Crippen LogP contribution in [0.1, 0.15) is 38.2 Å². The van der Waals surface area contributed by atoms with Gasteiger partial charge in [-0.15, -0.1) is 0 Å². The van der Waals surface area contributed by atoms with E-state index in [1.807, 2.05) is 30.3 Å². The minimum atomic E-state index is -0.567. The summed E-state index contributed by atoms with van der Waals surface area (Å²) in [5.74, 6) is -0.731. The molecule has 1 unspecified atom stereocenters. The molecule has 1 atom stereocenters. The number of hydrogen-bond donors (Lipinski definition) is 2. The van der Waals surface area contributed by atoms with Crippen LogP contribution in [0.4, 0.5) is 4.79 Å². The average Bonchev–Trinajstić information content (AvgIpc) is 3.31. The minimum absolute atomic E-state index is 0.0972. The molecule has 1 aromatic carbocycles. The molecule has 8 heteroatoms. The van der Waals surface area contributed by atoms with E-state index in [0.29, 0.717) is 4.91 Å². The first kappa shape index (κ1) is 21.1. The van der Waals surface area contributed by atoms with Gasteiger partial charge in [-0.1, -0.05) is 43.2 Å². The van der Waals surface area contributed by atoms with Crippen molar-refractivity contribution < 1.29 is 19.2 Å². The second kappa shape index (κ2) is 9.73. The second-order valence-electron chi connectivity index (χ2n) is 7.26. The van der Waals surface area contributed by atoms with Crippen molar-refractivity contribution in [3.05, 3.63) is 40.8 Å². The zero-order valence-electron chi connectivity index (χ0n) is 16.3. The fourth-order valence-corrected chi connectivity index (χ4v) is 4.57. The van der Waals surface area contributed by atoms with E-state index in [4.69, 9.17) is 0 Å². The van der Waals surface area contributed by atoms with Crippen molar-refractivity contribution in [2.45, 2.75) is 38.6 Å². The van der Waals surface area contributed by atoms with Gasteiger partial charge in [-0.2, -0.15) is 0 Å². The summed E-state index contributed by atoms with van der Waals surface area (Å²) in [6, 6.07) is 8.76. The molecule has 2 fully saturated rings. The number of carbonyl (C=O) groups is 4. The Labute approximate surface area is 174 Å². The molecule has 1 saturated carbocycles. The van der Waals surface area contributed by atoms with Gasteiger partial charge in [0.15, 0.2) is 0 Å². The summed E-state index contributed by atoms with van der Waals surface area (Å²) < 4.78 is 0. The largest absolute Gasteiger partial charge is 0.353 e. The molecule has 3 rings (SSSR count). The van der Waals surface area contributed by atoms with Gasteiger partial charge in [0, 0.05) is 20.0 Å². The first-order valence-corrected chi connectivity index (χ1v) is 10.6. The highest BCUT2D eigenvalue weighted by atomic mass is 32.2. The third-order valence-corrected chi connectivity index (χ3v) is 6.03. The van der Waals surface area contributed by atoms with Crippen molar-refractivity contribution in [3.8, 4) is 0 Å². The van der Waals surface area contributed by atoms with Gasteiger partial charge in [0.25, 0.3) is 11.1 Å². The summed E-state index contributed by atoms with van der Waals surface area (Å²) in [5, 5.41) is 5.16. The number of imide groups is 1. The first-order chi connectivity index (χ1) is 14.0. The second-order valence-corrected chi connectivity index (χ2v) is 8.25. The first-order valence-electron chi connectivity index (χ1n) is 9.81. The highest BCUT2D eigenvalue weighted by Gasteiger charge is 2.35. The molecule has 0 bridgehead atoms. The summed E-state index contributed by atoms with van der Waals surface area (Å²) in [6.45, 7) is 1.65. The Morgan fingerprint density at radius 2 is 1.90 bits per heavy atom. The number of nitrogens with zero attached hydrogens (tertiary/aromatic N) is 1. The number of amides is 4. The minimum Gasteiger partial charge on any atom is -0.353 e. The fourth-order valence-electron chi connectivity index (χ4n) is 3.70. The smallest absolute Gasteiger partial charge is 0.293 e. The number of nitrogens with one attached hydrogen (secondary N) is 2. The Morgan fingerprint density at radius 1 is 1.21 bits per heavy atom. The van der Waals surface area contributed by atoms with Crippen LogP contribution in [-0.2, 0) is 14.4 Å². The highest BCUT2D eigenvalue weighted by Crippen LogP contribution is 2.32. The van der Waals surface area contributed by atoms with Gasteiger partial charge < -0.3 is 10.6 Å². The van der Waals surface area contributed by atoms with E-state index in [1.165, 1.54) is 6.92 Å². The zero-order valence-corrected chi connectivity index (χ0v) is 17.2. The van der Waals surface area contributed by atoms with Crippen LogP contribution in [0.25, 0.3) is 6.08 Å². The summed E-state index contributed by atoms with van der Waals surface area (Å²) in [6.07, 6.45) is 5.62. The van der Waals surface area contributed by atoms with Gasteiger partial charge in [-0.3, -0.25) is 24.1 Å². The molecular formula is C21H25N3O4S. The lowest BCUT2D eigenvalue weighted by Crippen LogP contribution is -2.51. The molecule has 29 heavy (non-hydrogen) atoms. The van der Waals surface area contributed by atoms with Crippen LogP contribution in [-0.4, -0.2) is 47.0 Å². The zero-order chi connectivity index (χ0) is 20.8. The van der Waals surface area contributed by atoms with Crippen molar-refractivity contribution in [1.29, 1.82) is 0 Å². The van der Waals surface area contributed by atoms with Crippen LogP contribution >= 0.6 is 11.8 Å². The Balaban J connectivity index is 1.55. The molecule has 1 aromatic rings. The number of benzene rings is 1. The van der Waals surface area contributed by atoms with Crippen LogP contribution in [0.3, 0.4) is 0 Å². The van der Waals surface area contributed by atoms with E-state index in [2.05, 4.69) is 10.6 Å². The maximum absolute atomic E-state index is 12.6. The van der Waals surface area contributed by atoms with Crippen LogP contribution in [0, 0.1) is 5.92 Å². The number of carbonyl (C=O) groups excluding carboxylic acids is 4. The predicted molar refractivity (Wildman–Crippen MR) is 112 cm³/mol. The maximum atomic E-state index is 12.6. The molecule has 0 spiro atoms. The number of thioether (sulfide) groups is 1. The van der Waals surface area contributed by atoms with Gasteiger partial charge in [0.2, 0.25) is 11.8 Å². The van der Waals surface area contributed by atoms with E-state index in [-0.39, 0.29) is 42.0 Å². The lowest BCUT2D eigenvalue weighted by molar-refractivity contribution is -0.129. The molecule has 154 valence electrons. The van der Waals surface area contributed by atoms with Gasteiger partial charge in [0.1, 0.15) is 6.04 Å². The predicted octanol–water partition coefficient (Wildman–Crippen LogP) is 2.53. The van der Waals surface area contributed by atoms with Gasteiger partial charge >= 0.3 is 0 Å². The van der Waals surface area contributed by atoms with Gasteiger partial charge in [-0.25, -0.2) is 0 Å².